The molecule has 2 atom stereocenters. The van der Waals surface area contributed by atoms with Gasteiger partial charge >= 0.3 is 6.09 Å². The Hall–Kier alpha value is -1.78. The number of benzene rings is 1. The normalized spacial score (nSPS) is 23.5. The lowest BCUT2D eigenvalue weighted by Crippen LogP contribution is -2.58. The van der Waals surface area contributed by atoms with E-state index in [0.717, 1.165) is 30.0 Å². The fourth-order valence-corrected chi connectivity index (χ4v) is 5.15. The van der Waals surface area contributed by atoms with Crippen LogP contribution in [0.2, 0.25) is 0 Å². The zero-order valence-corrected chi connectivity index (χ0v) is 17.1. The van der Waals surface area contributed by atoms with Crippen LogP contribution in [0.5, 0.6) is 0 Å². The van der Waals surface area contributed by atoms with Gasteiger partial charge in [0.1, 0.15) is 17.5 Å². The van der Waals surface area contributed by atoms with Gasteiger partial charge in [0.2, 0.25) is 0 Å². The number of nitriles is 1. The van der Waals surface area contributed by atoms with Gasteiger partial charge in [-0.3, -0.25) is 4.90 Å². The summed E-state index contributed by atoms with van der Waals surface area (Å²) in [5, 5.41) is 9.42. The standard InChI is InChI=1S/C20H26FN3O2S/c1-13-15(5-6-17(21)16(13)9-22)18-11-23-7-8-24(10-14(23)12-27-18)19(25)26-20(2,3)4/h5-6,14,18H,7-8,10-12H2,1-4H3/t14-,18-/m0/s1. The number of amides is 1. The summed E-state index contributed by atoms with van der Waals surface area (Å²) in [4.78, 5) is 16.5. The predicted octanol–water partition coefficient (Wildman–Crippen LogP) is 3.72. The fraction of sp³-hybridized carbons (Fsp3) is 0.600. The van der Waals surface area contributed by atoms with Gasteiger partial charge < -0.3 is 9.64 Å². The number of carbonyl (C=O) groups excluding carboxylic acids is 1. The summed E-state index contributed by atoms with van der Waals surface area (Å²) in [5.41, 5.74) is 1.43. The van der Waals surface area contributed by atoms with Gasteiger partial charge in [0, 0.05) is 43.2 Å². The van der Waals surface area contributed by atoms with Crippen LogP contribution in [0, 0.1) is 24.1 Å². The highest BCUT2D eigenvalue weighted by Crippen LogP contribution is 2.39. The molecule has 0 saturated carbocycles. The van der Waals surface area contributed by atoms with Crippen LogP contribution < -0.4 is 0 Å². The van der Waals surface area contributed by atoms with Crippen molar-refractivity contribution in [2.75, 3.05) is 31.9 Å². The molecule has 1 amide bonds. The topological polar surface area (TPSA) is 56.6 Å². The molecule has 146 valence electrons. The summed E-state index contributed by atoms with van der Waals surface area (Å²) in [6.45, 7) is 10.4. The Labute approximate surface area is 164 Å². The first-order valence-corrected chi connectivity index (χ1v) is 10.3. The van der Waals surface area contributed by atoms with E-state index >= 15 is 0 Å². The lowest BCUT2D eigenvalue weighted by atomic mass is 9.99. The van der Waals surface area contributed by atoms with Gasteiger partial charge in [-0.05, 0) is 44.9 Å². The number of halogens is 1. The maximum atomic E-state index is 13.8. The van der Waals surface area contributed by atoms with Gasteiger partial charge in [0.15, 0.2) is 0 Å². The molecule has 0 aromatic heterocycles. The van der Waals surface area contributed by atoms with Gasteiger partial charge in [-0.2, -0.15) is 17.0 Å². The van der Waals surface area contributed by atoms with Gasteiger partial charge in [-0.1, -0.05) is 6.07 Å². The van der Waals surface area contributed by atoms with Gasteiger partial charge in [-0.25, -0.2) is 9.18 Å². The van der Waals surface area contributed by atoms with Crippen LogP contribution in [-0.2, 0) is 4.74 Å². The summed E-state index contributed by atoms with van der Waals surface area (Å²) < 4.78 is 19.3. The van der Waals surface area contributed by atoms with E-state index in [2.05, 4.69) is 4.90 Å². The summed E-state index contributed by atoms with van der Waals surface area (Å²) in [5.74, 6) is 0.436. The molecule has 2 saturated heterocycles. The van der Waals surface area contributed by atoms with Crippen molar-refractivity contribution in [1.29, 1.82) is 5.26 Å². The van der Waals surface area contributed by atoms with Crippen LogP contribution in [-0.4, -0.2) is 59.5 Å². The first-order valence-electron chi connectivity index (χ1n) is 9.22. The Morgan fingerprint density at radius 2 is 2.07 bits per heavy atom. The van der Waals surface area contributed by atoms with Crippen molar-refractivity contribution in [3.63, 3.8) is 0 Å². The largest absolute Gasteiger partial charge is 0.444 e. The smallest absolute Gasteiger partial charge is 0.410 e. The Balaban J connectivity index is 1.67. The lowest BCUT2D eigenvalue weighted by Gasteiger charge is -2.46. The van der Waals surface area contributed by atoms with Crippen LogP contribution in [0.4, 0.5) is 9.18 Å². The molecule has 27 heavy (non-hydrogen) atoms. The second-order valence-corrected chi connectivity index (χ2v) is 9.38. The number of hydrogen-bond acceptors (Lipinski definition) is 5. The van der Waals surface area contributed by atoms with E-state index in [4.69, 9.17) is 4.74 Å². The van der Waals surface area contributed by atoms with E-state index < -0.39 is 11.4 Å². The zero-order valence-electron chi connectivity index (χ0n) is 16.3. The van der Waals surface area contributed by atoms with Crippen molar-refractivity contribution in [3.05, 3.63) is 34.6 Å². The van der Waals surface area contributed by atoms with E-state index in [-0.39, 0.29) is 16.9 Å². The summed E-state index contributed by atoms with van der Waals surface area (Å²) in [6, 6.07) is 5.48. The Morgan fingerprint density at radius 1 is 1.33 bits per heavy atom. The molecule has 0 unspecified atom stereocenters. The van der Waals surface area contributed by atoms with E-state index in [1.54, 1.807) is 11.0 Å². The average Bonchev–Trinajstić information content (AvgIpc) is 2.60. The highest BCUT2D eigenvalue weighted by Gasteiger charge is 2.37. The number of rotatable bonds is 1. The first-order chi connectivity index (χ1) is 12.7. The van der Waals surface area contributed by atoms with E-state index in [0.29, 0.717) is 19.1 Å². The van der Waals surface area contributed by atoms with Crippen molar-refractivity contribution in [3.8, 4) is 6.07 Å². The highest BCUT2D eigenvalue weighted by atomic mass is 32.2. The average molecular weight is 392 g/mol. The highest BCUT2D eigenvalue weighted by molar-refractivity contribution is 7.99. The first kappa shape index (κ1) is 20.0. The van der Waals surface area contributed by atoms with Crippen LogP contribution in [0.3, 0.4) is 0 Å². The molecule has 2 fully saturated rings. The molecule has 2 heterocycles. The SMILES string of the molecule is Cc1c([C@@H]2CN3CCN(C(=O)OC(C)(C)C)C[C@H]3CS2)ccc(F)c1C#N. The molecule has 2 aliphatic rings. The molecule has 5 nitrogen and oxygen atoms in total. The van der Waals surface area contributed by atoms with Gasteiger partial charge in [0.25, 0.3) is 0 Å². The molecular weight excluding hydrogens is 365 g/mol. The second kappa shape index (κ2) is 7.69. The third-order valence-corrected chi connectivity index (χ3v) is 6.44. The maximum absolute atomic E-state index is 13.8. The molecule has 2 aliphatic heterocycles. The minimum absolute atomic E-state index is 0.143. The second-order valence-electron chi connectivity index (χ2n) is 8.15. The number of ether oxygens (including phenoxy) is 1. The molecule has 0 N–H and O–H groups in total. The number of hydrogen-bond donors (Lipinski definition) is 0. The van der Waals surface area contributed by atoms with Crippen molar-refractivity contribution < 1.29 is 13.9 Å². The molecule has 1 aromatic rings. The molecule has 0 bridgehead atoms. The Kier molecular flexibility index (Phi) is 5.68. The number of fused-ring (bicyclic) bond motifs is 1. The minimum Gasteiger partial charge on any atom is -0.444 e. The van der Waals surface area contributed by atoms with Crippen LogP contribution in [0.15, 0.2) is 12.1 Å². The van der Waals surface area contributed by atoms with Crippen LogP contribution in [0.25, 0.3) is 0 Å². The molecule has 0 radical (unpaired) electrons. The third kappa shape index (κ3) is 4.39. The molecule has 3 rings (SSSR count). The number of piperazine rings is 1. The van der Waals surface area contributed by atoms with Crippen molar-refractivity contribution in [2.24, 2.45) is 0 Å². The zero-order chi connectivity index (χ0) is 19.8. The van der Waals surface area contributed by atoms with Crippen molar-refractivity contribution in [2.45, 2.75) is 44.6 Å². The van der Waals surface area contributed by atoms with Crippen LogP contribution >= 0.6 is 11.8 Å². The summed E-state index contributed by atoms with van der Waals surface area (Å²) >= 11 is 1.82. The number of nitrogens with zero attached hydrogens (tertiary/aromatic N) is 3. The number of thioether (sulfide) groups is 1. The lowest BCUT2D eigenvalue weighted by molar-refractivity contribution is 0.00557. The minimum atomic E-state index is -0.487. The maximum Gasteiger partial charge on any atom is 0.410 e. The predicted molar refractivity (Wildman–Crippen MR) is 104 cm³/mol. The van der Waals surface area contributed by atoms with E-state index in [1.807, 2.05) is 45.5 Å². The Bertz CT molecular complexity index is 772. The van der Waals surface area contributed by atoms with E-state index in [9.17, 15) is 14.4 Å². The number of carbonyl (C=O) groups is 1. The summed E-state index contributed by atoms with van der Waals surface area (Å²) in [6.07, 6.45) is -0.248. The van der Waals surface area contributed by atoms with Crippen LogP contribution in [0.1, 0.15) is 42.7 Å². The molecule has 0 spiro atoms. The van der Waals surface area contributed by atoms with Gasteiger partial charge in [0.05, 0.1) is 5.56 Å². The van der Waals surface area contributed by atoms with Crippen molar-refractivity contribution >= 4 is 17.9 Å². The third-order valence-electron chi connectivity index (χ3n) is 5.06. The Morgan fingerprint density at radius 3 is 2.74 bits per heavy atom. The fourth-order valence-electron chi connectivity index (χ4n) is 3.65. The molecule has 0 aliphatic carbocycles. The summed E-state index contributed by atoms with van der Waals surface area (Å²) in [7, 11) is 0. The quantitative estimate of drug-likeness (QED) is 0.730. The van der Waals surface area contributed by atoms with E-state index in [1.165, 1.54) is 6.07 Å². The van der Waals surface area contributed by atoms with Gasteiger partial charge in [-0.15, -0.1) is 0 Å². The molecule has 7 heteroatoms. The molecular formula is C20H26FN3O2S. The molecule has 1 aromatic carbocycles. The monoisotopic (exact) mass is 391 g/mol. The van der Waals surface area contributed by atoms with Crippen molar-refractivity contribution in [1.82, 2.24) is 9.80 Å².